The van der Waals surface area contributed by atoms with Crippen LogP contribution in [0.2, 0.25) is 0 Å². The molecule has 0 amide bonds. The van der Waals surface area contributed by atoms with Gasteiger partial charge < -0.3 is 10.4 Å². The molecule has 1 rings (SSSR count). The third-order valence-electron chi connectivity index (χ3n) is 3.16. The zero-order chi connectivity index (χ0) is 16.8. The van der Waals surface area contributed by atoms with Gasteiger partial charge in [-0.25, -0.2) is 17.9 Å². The van der Waals surface area contributed by atoms with Crippen molar-refractivity contribution in [2.45, 2.75) is 51.0 Å². The molecule has 6 nitrogen and oxygen atoms in total. The minimum atomic E-state index is -3.77. The number of rotatable bonds is 9. The van der Waals surface area contributed by atoms with Gasteiger partial charge in [0.15, 0.2) is 0 Å². The topological polar surface area (TPSA) is 95.5 Å². The van der Waals surface area contributed by atoms with Gasteiger partial charge in [-0.15, -0.1) is 0 Å². The predicted octanol–water partition coefficient (Wildman–Crippen LogP) is 2.67. The third-order valence-corrected chi connectivity index (χ3v) is 4.79. The Morgan fingerprint density at radius 1 is 1.27 bits per heavy atom. The van der Waals surface area contributed by atoms with E-state index in [1.165, 1.54) is 18.2 Å². The molecule has 0 heterocycles. The van der Waals surface area contributed by atoms with E-state index >= 15 is 0 Å². The van der Waals surface area contributed by atoms with Gasteiger partial charge in [-0.3, -0.25) is 0 Å². The van der Waals surface area contributed by atoms with Crippen LogP contribution in [0.5, 0.6) is 0 Å². The maximum Gasteiger partial charge on any atom is 0.335 e. The first kappa shape index (κ1) is 18.4. The van der Waals surface area contributed by atoms with Gasteiger partial charge in [0.25, 0.3) is 0 Å². The van der Waals surface area contributed by atoms with Gasteiger partial charge in [0.05, 0.1) is 11.3 Å². The lowest BCUT2D eigenvalue weighted by molar-refractivity contribution is 0.0696. The first-order valence-electron chi connectivity index (χ1n) is 7.45. The Morgan fingerprint density at radius 2 is 1.95 bits per heavy atom. The molecule has 124 valence electrons. The number of anilines is 1. The maximum absolute atomic E-state index is 12.5. The van der Waals surface area contributed by atoms with Crippen molar-refractivity contribution < 1.29 is 18.3 Å². The summed E-state index contributed by atoms with van der Waals surface area (Å²) in [5.41, 5.74) is 0.369. The Hall–Kier alpha value is -1.60. The fourth-order valence-electron chi connectivity index (χ4n) is 2.10. The van der Waals surface area contributed by atoms with Crippen LogP contribution in [0, 0.1) is 0 Å². The summed E-state index contributed by atoms with van der Waals surface area (Å²) >= 11 is 0. The van der Waals surface area contributed by atoms with Crippen molar-refractivity contribution in [3.63, 3.8) is 0 Å². The average Bonchev–Trinajstić information content (AvgIpc) is 2.44. The molecule has 0 saturated carbocycles. The van der Waals surface area contributed by atoms with Gasteiger partial charge >= 0.3 is 5.97 Å². The van der Waals surface area contributed by atoms with E-state index in [-0.39, 0.29) is 16.5 Å². The number of carboxylic acids is 1. The molecule has 0 unspecified atom stereocenters. The van der Waals surface area contributed by atoms with E-state index in [0.29, 0.717) is 12.2 Å². The van der Waals surface area contributed by atoms with Crippen molar-refractivity contribution in [1.29, 1.82) is 0 Å². The summed E-state index contributed by atoms with van der Waals surface area (Å²) in [5.74, 6) is -1.15. The molecule has 22 heavy (non-hydrogen) atoms. The Bertz CT molecular complexity index is 614. The number of hydrogen-bond acceptors (Lipinski definition) is 4. The molecule has 1 atom stereocenters. The molecular weight excluding hydrogens is 304 g/mol. The van der Waals surface area contributed by atoms with Gasteiger partial charge in [0.1, 0.15) is 4.90 Å². The Balaban J connectivity index is 3.21. The molecule has 3 N–H and O–H groups in total. The summed E-state index contributed by atoms with van der Waals surface area (Å²) in [5, 5.41) is 12.1. The van der Waals surface area contributed by atoms with Crippen molar-refractivity contribution in [1.82, 2.24) is 4.72 Å². The first-order valence-corrected chi connectivity index (χ1v) is 8.93. The summed E-state index contributed by atoms with van der Waals surface area (Å²) in [6.45, 7) is 6.35. The predicted molar refractivity (Wildman–Crippen MR) is 86.9 cm³/mol. The molecule has 1 aromatic carbocycles. The third kappa shape index (κ3) is 4.99. The molecule has 0 aliphatic rings. The molecule has 0 fully saturated rings. The van der Waals surface area contributed by atoms with Crippen molar-refractivity contribution in [3.8, 4) is 0 Å². The summed E-state index contributed by atoms with van der Waals surface area (Å²) in [6.07, 6.45) is 2.41. The molecule has 1 aromatic rings. The zero-order valence-corrected chi connectivity index (χ0v) is 14.0. The van der Waals surface area contributed by atoms with Crippen LogP contribution < -0.4 is 10.0 Å². The van der Waals surface area contributed by atoms with Crippen LogP contribution in [-0.4, -0.2) is 32.1 Å². The molecule has 0 aliphatic heterocycles. The van der Waals surface area contributed by atoms with E-state index < -0.39 is 16.0 Å². The van der Waals surface area contributed by atoms with Crippen LogP contribution in [-0.2, 0) is 10.0 Å². The number of carbonyl (C=O) groups is 1. The minimum absolute atomic E-state index is 0.0243. The smallest absolute Gasteiger partial charge is 0.335 e. The van der Waals surface area contributed by atoms with E-state index in [1.807, 2.05) is 13.8 Å². The van der Waals surface area contributed by atoms with E-state index in [0.717, 1.165) is 19.3 Å². The van der Waals surface area contributed by atoms with Crippen LogP contribution in [0.4, 0.5) is 5.69 Å². The highest BCUT2D eigenvalue weighted by Crippen LogP contribution is 2.23. The number of hydrogen-bond donors (Lipinski definition) is 3. The van der Waals surface area contributed by atoms with Crippen LogP contribution in [0.15, 0.2) is 23.1 Å². The standard InChI is InChI=1S/C15H24N2O4S/c1-4-6-11(3)17-22(20,21)14-10-12(15(18)19)7-8-13(14)16-9-5-2/h7-8,10-11,16-17H,4-6,9H2,1-3H3,(H,18,19)/t11-/m0/s1. The fraction of sp³-hybridized carbons (Fsp3) is 0.533. The van der Waals surface area contributed by atoms with Gasteiger partial charge in [-0.2, -0.15) is 0 Å². The summed E-state index contributed by atoms with van der Waals surface area (Å²) < 4.78 is 27.7. The highest BCUT2D eigenvalue weighted by molar-refractivity contribution is 7.89. The molecule has 0 radical (unpaired) electrons. The quantitative estimate of drug-likeness (QED) is 0.648. The molecule has 0 saturated heterocycles. The minimum Gasteiger partial charge on any atom is -0.478 e. The van der Waals surface area contributed by atoms with Crippen LogP contribution >= 0.6 is 0 Å². The first-order chi connectivity index (χ1) is 10.3. The van der Waals surface area contributed by atoms with E-state index in [2.05, 4.69) is 10.0 Å². The SMILES string of the molecule is CCCNc1ccc(C(=O)O)cc1S(=O)(=O)N[C@@H](C)CCC. The lowest BCUT2D eigenvalue weighted by Crippen LogP contribution is -2.33. The van der Waals surface area contributed by atoms with Crippen molar-refractivity contribution >= 4 is 21.7 Å². The number of aromatic carboxylic acids is 1. The lowest BCUT2D eigenvalue weighted by Gasteiger charge is -2.17. The molecule has 0 aromatic heterocycles. The highest BCUT2D eigenvalue weighted by atomic mass is 32.2. The Morgan fingerprint density at radius 3 is 2.50 bits per heavy atom. The molecular formula is C15H24N2O4S. The number of benzene rings is 1. The summed E-state index contributed by atoms with van der Waals surface area (Å²) in [4.78, 5) is 11.1. The normalized spacial score (nSPS) is 12.9. The number of sulfonamides is 1. The Labute approximate surface area is 132 Å². The van der Waals surface area contributed by atoms with Crippen LogP contribution in [0.3, 0.4) is 0 Å². The lowest BCUT2D eigenvalue weighted by atomic mass is 10.2. The van der Waals surface area contributed by atoms with Gasteiger partial charge in [0.2, 0.25) is 10.0 Å². The largest absolute Gasteiger partial charge is 0.478 e. The summed E-state index contributed by atoms with van der Waals surface area (Å²) in [6, 6.07) is 3.89. The van der Waals surface area contributed by atoms with Gasteiger partial charge in [-0.1, -0.05) is 20.3 Å². The molecule has 0 aliphatic carbocycles. The second-order valence-electron chi connectivity index (χ2n) is 5.25. The monoisotopic (exact) mass is 328 g/mol. The zero-order valence-electron chi connectivity index (χ0n) is 13.2. The average molecular weight is 328 g/mol. The molecule has 7 heteroatoms. The number of carboxylic acid groups (broad SMARTS) is 1. The Kier molecular flexibility index (Phi) is 6.83. The van der Waals surface area contributed by atoms with Crippen molar-refractivity contribution in [2.75, 3.05) is 11.9 Å². The fourth-order valence-corrected chi connectivity index (χ4v) is 3.59. The second-order valence-corrected chi connectivity index (χ2v) is 6.94. The molecule has 0 spiro atoms. The van der Waals surface area contributed by atoms with Crippen molar-refractivity contribution in [3.05, 3.63) is 23.8 Å². The van der Waals surface area contributed by atoms with Crippen molar-refractivity contribution in [2.24, 2.45) is 0 Å². The number of nitrogens with one attached hydrogen (secondary N) is 2. The van der Waals surface area contributed by atoms with Crippen LogP contribution in [0.1, 0.15) is 50.4 Å². The second kappa shape index (κ2) is 8.14. The maximum atomic E-state index is 12.5. The molecule has 0 bridgehead atoms. The van der Waals surface area contributed by atoms with E-state index in [9.17, 15) is 13.2 Å². The summed E-state index contributed by atoms with van der Waals surface area (Å²) in [7, 11) is -3.77. The van der Waals surface area contributed by atoms with Crippen LogP contribution in [0.25, 0.3) is 0 Å². The van der Waals surface area contributed by atoms with E-state index in [4.69, 9.17) is 5.11 Å². The van der Waals surface area contributed by atoms with Gasteiger partial charge in [0, 0.05) is 12.6 Å². The van der Waals surface area contributed by atoms with E-state index in [1.54, 1.807) is 6.92 Å². The highest BCUT2D eigenvalue weighted by Gasteiger charge is 2.22. The van der Waals surface area contributed by atoms with Gasteiger partial charge in [-0.05, 0) is 38.0 Å².